The van der Waals surface area contributed by atoms with Gasteiger partial charge in [0.15, 0.2) is 16.8 Å². The summed E-state index contributed by atoms with van der Waals surface area (Å²) in [5.41, 5.74) is 11.5. The Morgan fingerprint density at radius 3 is 2.31 bits per heavy atom. The number of nitrogens with two attached hydrogens (primary N) is 2. The number of ketones is 1. The molecule has 1 amide bonds. The Labute approximate surface area is 183 Å². The highest BCUT2D eigenvalue weighted by Gasteiger charge is 2.28. The van der Waals surface area contributed by atoms with Gasteiger partial charge in [-0.3, -0.25) is 9.59 Å². The van der Waals surface area contributed by atoms with Gasteiger partial charge < -0.3 is 21.1 Å². The van der Waals surface area contributed by atoms with Crippen molar-refractivity contribution in [1.82, 2.24) is 4.98 Å². The van der Waals surface area contributed by atoms with E-state index in [1.807, 2.05) is 0 Å². The molecule has 12 heteroatoms. The molecule has 0 saturated heterocycles. The monoisotopic (exact) mass is 468 g/mol. The third-order valence-corrected chi connectivity index (χ3v) is 5.45. The maximum Gasteiger partial charge on any atom is 0.387 e. The van der Waals surface area contributed by atoms with Gasteiger partial charge in [0, 0.05) is 17.3 Å². The van der Waals surface area contributed by atoms with E-state index in [2.05, 4.69) is 9.72 Å². The van der Waals surface area contributed by atoms with E-state index < -0.39 is 36.0 Å². The van der Waals surface area contributed by atoms with Gasteiger partial charge in [-0.15, -0.1) is 0 Å². The quantitative estimate of drug-likeness (QED) is 0.384. The molecule has 0 fully saturated rings. The number of nitrogens with zero attached hydrogens (tertiary/aromatic N) is 2. The van der Waals surface area contributed by atoms with E-state index in [1.54, 1.807) is 0 Å². The normalized spacial score (nSPS) is 11.9. The van der Waals surface area contributed by atoms with Crippen molar-refractivity contribution in [2.75, 3.05) is 10.6 Å². The van der Waals surface area contributed by atoms with Gasteiger partial charge in [0.2, 0.25) is 11.7 Å². The van der Waals surface area contributed by atoms with Crippen LogP contribution in [0, 0.1) is 11.6 Å². The van der Waals surface area contributed by atoms with E-state index in [-0.39, 0.29) is 32.8 Å². The van der Waals surface area contributed by atoms with Crippen molar-refractivity contribution in [2.45, 2.75) is 19.6 Å². The first-order valence-corrected chi connectivity index (χ1v) is 9.79. The highest BCUT2D eigenvalue weighted by Crippen LogP contribution is 2.36. The summed E-state index contributed by atoms with van der Waals surface area (Å²) in [4.78, 5) is 30.0. The molecule has 1 atom stereocenters. The van der Waals surface area contributed by atoms with Crippen molar-refractivity contribution < 1.29 is 31.9 Å². The summed E-state index contributed by atoms with van der Waals surface area (Å²) >= 11 is 0.801. The number of hydrogen-bond acceptors (Lipinski definition) is 7. The molecule has 2 aromatic carbocycles. The van der Waals surface area contributed by atoms with Gasteiger partial charge >= 0.3 is 6.61 Å². The van der Waals surface area contributed by atoms with Crippen molar-refractivity contribution in [2.24, 2.45) is 5.73 Å². The number of ether oxygens (including phenoxy) is 1. The zero-order chi connectivity index (χ0) is 23.6. The zero-order valence-corrected chi connectivity index (χ0v) is 17.2. The van der Waals surface area contributed by atoms with Crippen molar-refractivity contribution in [3.05, 3.63) is 64.5 Å². The van der Waals surface area contributed by atoms with Gasteiger partial charge in [-0.1, -0.05) is 11.3 Å². The van der Waals surface area contributed by atoms with E-state index in [0.717, 1.165) is 23.5 Å². The van der Waals surface area contributed by atoms with Crippen LogP contribution in [-0.2, 0) is 4.79 Å². The molecule has 0 radical (unpaired) electrons. The van der Waals surface area contributed by atoms with Gasteiger partial charge in [-0.05, 0) is 43.3 Å². The third-order valence-electron chi connectivity index (χ3n) is 4.38. The predicted molar refractivity (Wildman–Crippen MR) is 110 cm³/mol. The molecule has 4 N–H and O–H groups in total. The van der Waals surface area contributed by atoms with Crippen LogP contribution in [0.15, 0.2) is 42.5 Å². The maximum atomic E-state index is 13.8. The Morgan fingerprint density at radius 2 is 1.75 bits per heavy atom. The molecule has 0 saturated carbocycles. The number of alkyl halides is 2. The summed E-state index contributed by atoms with van der Waals surface area (Å²) in [6, 6.07) is 6.85. The number of halogens is 4. The van der Waals surface area contributed by atoms with Crippen LogP contribution in [-0.4, -0.2) is 29.3 Å². The largest absolute Gasteiger partial charge is 0.435 e. The Bertz CT molecular complexity index is 1150. The number of rotatable bonds is 8. The minimum atomic E-state index is -3.01. The number of aromatic nitrogens is 1. The molecule has 0 bridgehead atoms. The number of primary amides is 1. The van der Waals surface area contributed by atoms with Gasteiger partial charge in [-0.25, -0.2) is 13.8 Å². The molecule has 3 aromatic rings. The maximum absolute atomic E-state index is 13.8. The van der Waals surface area contributed by atoms with Crippen LogP contribution >= 0.6 is 11.3 Å². The molecule has 32 heavy (non-hydrogen) atoms. The van der Waals surface area contributed by atoms with Crippen molar-refractivity contribution in [1.29, 1.82) is 0 Å². The van der Waals surface area contributed by atoms with Crippen LogP contribution in [0.1, 0.15) is 22.2 Å². The fraction of sp³-hybridized carbons (Fsp3) is 0.150. The molecule has 7 nitrogen and oxygen atoms in total. The van der Waals surface area contributed by atoms with E-state index in [0.29, 0.717) is 0 Å². The van der Waals surface area contributed by atoms with Gasteiger partial charge in [-0.2, -0.15) is 8.78 Å². The molecule has 1 heterocycles. The minimum Gasteiger partial charge on any atom is -0.435 e. The van der Waals surface area contributed by atoms with Crippen LogP contribution in [0.5, 0.6) is 5.75 Å². The van der Waals surface area contributed by atoms with Gasteiger partial charge in [0.25, 0.3) is 0 Å². The topological polar surface area (TPSA) is 112 Å². The number of nitrogen functional groups attached to an aromatic ring is 1. The molecular formula is C20H16F4N4O3S. The number of thiazole rings is 1. The molecule has 1 aromatic heterocycles. The minimum absolute atomic E-state index is 0.00761. The first kappa shape index (κ1) is 23.0. The fourth-order valence-corrected chi connectivity index (χ4v) is 3.82. The summed E-state index contributed by atoms with van der Waals surface area (Å²) in [7, 11) is 0. The summed E-state index contributed by atoms with van der Waals surface area (Å²) in [5, 5.41) is 0.0424. The summed E-state index contributed by atoms with van der Waals surface area (Å²) in [6.45, 7) is -1.59. The smallest absolute Gasteiger partial charge is 0.387 e. The first-order valence-electron chi connectivity index (χ1n) is 8.98. The average Bonchev–Trinajstić information content (AvgIpc) is 3.11. The Hall–Kier alpha value is -3.67. The van der Waals surface area contributed by atoms with Crippen LogP contribution in [0.25, 0.3) is 0 Å². The predicted octanol–water partition coefficient (Wildman–Crippen LogP) is 3.85. The molecule has 0 aliphatic heterocycles. The Balaban J connectivity index is 1.98. The van der Waals surface area contributed by atoms with Gasteiger partial charge in [0.05, 0.1) is 0 Å². The highest BCUT2D eigenvalue weighted by atomic mass is 32.1. The lowest BCUT2D eigenvalue weighted by atomic mass is 10.1. The number of benzene rings is 2. The van der Waals surface area contributed by atoms with E-state index in [1.165, 1.54) is 42.2 Å². The fourth-order valence-electron chi connectivity index (χ4n) is 2.77. The molecule has 0 aliphatic carbocycles. The van der Waals surface area contributed by atoms with Crippen molar-refractivity contribution >= 4 is 39.7 Å². The van der Waals surface area contributed by atoms with Crippen LogP contribution in [0.3, 0.4) is 0 Å². The number of carbonyl (C=O) groups excluding carboxylic acids is 2. The standard InChI is InChI=1S/C20H16F4N4O3S/c1-9(18(26)30)28(11-4-7-13(21)14(22)8-11)20-27-17(25)16(32-20)15(29)10-2-5-12(6-3-10)31-19(23)24/h2-9,19H,25H2,1H3,(H2,26,30)/t9-/m1/s1. The number of hydrogen-bond donors (Lipinski definition) is 2. The second kappa shape index (κ2) is 9.22. The molecule has 0 spiro atoms. The molecule has 168 valence electrons. The van der Waals surface area contributed by atoms with E-state index in [9.17, 15) is 27.2 Å². The number of anilines is 3. The Kier molecular flexibility index (Phi) is 6.63. The molecule has 0 aliphatic rings. The summed E-state index contributed by atoms with van der Waals surface area (Å²) in [5.74, 6) is -3.90. The highest BCUT2D eigenvalue weighted by molar-refractivity contribution is 7.18. The van der Waals surface area contributed by atoms with Crippen molar-refractivity contribution in [3.63, 3.8) is 0 Å². The Morgan fingerprint density at radius 1 is 1.09 bits per heavy atom. The second-order valence-corrected chi connectivity index (χ2v) is 7.47. The lowest BCUT2D eigenvalue weighted by Crippen LogP contribution is -2.40. The lowest BCUT2D eigenvalue weighted by molar-refractivity contribution is -0.118. The lowest BCUT2D eigenvalue weighted by Gasteiger charge is -2.26. The molecular weight excluding hydrogens is 452 g/mol. The van der Waals surface area contributed by atoms with Gasteiger partial charge in [0.1, 0.15) is 22.5 Å². The van der Waals surface area contributed by atoms with Crippen LogP contribution < -0.4 is 21.1 Å². The third kappa shape index (κ3) is 4.80. The average molecular weight is 468 g/mol. The van der Waals surface area contributed by atoms with Crippen LogP contribution in [0.4, 0.5) is 34.2 Å². The number of amides is 1. The van der Waals surface area contributed by atoms with Crippen LogP contribution in [0.2, 0.25) is 0 Å². The zero-order valence-electron chi connectivity index (χ0n) is 16.4. The SMILES string of the molecule is C[C@H](C(N)=O)N(c1ccc(F)c(F)c1)c1nc(N)c(C(=O)c2ccc(OC(F)F)cc2)s1. The van der Waals surface area contributed by atoms with Crippen molar-refractivity contribution in [3.8, 4) is 5.75 Å². The van der Waals surface area contributed by atoms with E-state index >= 15 is 0 Å². The second-order valence-electron chi connectivity index (χ2n) is 6.49. The number of carbonyl (C=O) groups is 2. The summed E-state index contributed by atoms with van der Waals surface area (Å²) in [6.07, 6.45) is 0. The first-order chi connectivity index (χ1) is 15.1. The molecule has 0 unspecified atom stereocenters. The molecule has 3 rings (SSSR count). The van der Waals surface area contributed by atoms with E-state index in [4.69, 9.17) is 11.5 Å². The summed E-state index contributed by atoms with van der Waals surface area (Å²) < 4.78 is 56.0.